The molecule has 3 heteroatoms. The minimum Gasteiger partial charge on any atom is -0.454 e. The summed E-state index contributed by atoms with van der Waals surface area (Å²) in [6.07, 6.45) is 2.83. The summed E-state index contributed by atoms with van der Waals surface area (Å²) in [5, 5.41) is 2.53. The van der Waals surface area contributed by atoms with Crippen molar-refractivity contribution in [3.8, 4) is 22.6 Å². The van der Waals surface area contributed by atoms with Gasteiger partial charge >= 0.3 is 0 Å². The summed E-state index contributed by atoms with van der Waals surface area (Å²) in [6, 6.07) is 23.4. The molecule has 166 valence electrons. The molecular formula is C30H30N2O. The molecule has 0 radical (unpaired) electrons. The zero-order valence-corrected chi connectivity index (χ0v) is 20.0. The molecule has 0 aliphatic rings. The Morgan fingerprint density at radius 2 is 1.70 bits per heavy atom. The molecule has 0 atom stereocenters. The van der Waals surface area contributed by atoms with Crippen molar-refractivity contribution in [3.05, 3.63) is 84.2 Å². The molecule has 0 unspecified atom stereocenters. The summed E-state index contributed by atoms with van der Waals surface area (Å²) < 4.78 is 6.16. The van der Waals surface area contributed by atoms with E-state index in [9.17, 15) is 0 Å². The first-order chi connectivity index (χ1) is 15.8. The highest BCUT2D eigenvalue weighted by Gasteiger charge is 2.19. The highest BCUT2D eigenvalue weighted by molar-refractivity contribution is 5.91. The lowest BCUT2D eigenvalue weighted by Crippen LogP contribution is -2.12. The van der Waals surface area contributed by atoms with Gasteiger partial charge in [-0.2, -0.15) is 0 Å². The number of fused-ring (bicyclic) bond motifs is 2. The fourth-order valence-corrected chi connectivity index (χ4v) is 4.46. The molecule has 0 bridgehead atoms. The van der Waals surface area contributed by atoms with Crippen molar-refractivity contribution < 1.29 is 4.42 Å². The number of pyridine rings is 2. The van der Waals surface area contributed by atoms with E-state index in [1.54, 1.807) is 0 Å². The van der Waals surface area contributed by atoms with Crippen LogP contribution in [0.3, 0.4) is 0 Å². The Kier molecular flexibility index (Phi) is 5.28. The molecular weight excluding hydrogens is 404 g/mol. The first-order valence-corrected chi connectivity index (χ1v) is 11.7. The number of rotatable bonds is 4. The van der Waals surface area contributed by atoms with Gasteiger partial charge in [-0.05, 0) is 70.5 Å². The van der Waals surface area contributed by atoms with Gasteiger partial charge < -0.3 is 4.42 Å². The lowest BCUT2D eigenvalue weighted by Gasteiger charge is -2.22. The van der Waals surface area contributed by atoms with Gasteiger partial charge in [0.2, 0.25) is 0 Å². The van der Waals surface area contributed by atoms with Crippen LogP contribution in [0, 0.1) is 5.92 Å². The normalized spacial score (nSPS) is 12.2. The Morgan fingerprint density at radius 1 is 0.879 bits per heavy atom. The monoisotopic (exact) mass is 434 g/mol. The van der Waals surface area contributed by atoms with Gasteiger partial charge in [0.1, 0.15) is 11.3 Å². The molecule has 0 saturated heterocycles. The third kappa shape index (κ3) is 4.28. The van der Waals surface area contributed by atoms with Crippen LogP contribution < -0.4 is 0 Å². The van der Waals surface area contributed by atoms with Gasteiger partial charge in [0.05, 0.1) is 5.69 Å². The van der Waals surface area contributed by atoms with E-state index in [1.807, 2.05) is 24.4 Å². The average molecular weight is 435 g/mol. The number of nitrogens with zero attached hydrogens (tertiary/aromatic N) is 2. The largest absolute Gasteiger partial charge is 0.454 e. The van der Waals surface area contributed by atoms with Gasteiger partial charge in [-0.1, -0.05) is 58.9 Å². The van der Waals surface area contributed by atoms with Gasteiger partial charge in [-0.15, -0.1) is 0 Å². The maximum absolute atomic E-state index is 6.16. The Labute approximate surface area is 195 Å². The van der Waals surface area contributed by atoms with E-state index < -0.39 is 0 Å². The van der Waals surface area contributed by atoms with Crippen molar-refractivity contribution in [2.24, 2.45) is 5.92 Å². The molecule has 33 heavy (non-hydrogen) atoms. The number of aromatic nitrogens is 2. The third-order valence-corrected chi connectivity index (χ3v) is 6.06. The molecule has 0 amide bonds. The topological polar surface area (TPSA) is 38.9 Å². The Hall–Kier alpha value is -3.46. The van der Waals surface area contributed by atoms with Crippen molar-refractivity contribution in [3.63, 3.8) is 0 Å². The van der Waals surface area contributed by atoms with Crippen LogP contribution in [0.5, 0.6) is 0 Å². The summed E-state index contributed by atoms with van der Waals surface area (Å²) in [6.45, 7) is 11.2. The van der Waals surface area contributed by atoms with Crippen LogP contribution in [0.15, 0.2) is 77.3 Å². The average Bonchev–Trinajstić information content (AvgIpc) is 3.21. The summed E-state index contributed by atoms with van der Waals surface area (Å²) in [5.41, 5.74) is 7.25. The second-order valence-electron chi connectivity index (χ2n) is 10.3. The quantitative estimate of drug-likeness (QED) is 0.286. The third-order valence-electron chi connectivity index (χ3n) is 6.06. The van der Waals surface area contributed by atoms with Gasteiger partial charge in [-0.3, -0.25) is 4.98 Å². The van der Waals surface area contributed by atoms with E-state index in [-0.39, 0.29) is 5.41 Å². The van der Waals surface area contributed by atoms with E-state index in [0.717, 1.165) is 45.8 Å². The molecule has 0 aliphatic carbocycles. The fraction of sp³-hybridized carbons (Fsp3) is 0.267. The van der Waals surface area contributed by atoms with E-state index in [4.69, 9.17) is 14.4 Å². The van der Waals surface area contributed by atoms with E-state index in [2.05, 4.69) is 83.1 Å². The second-order valence-corrected chi connectivity index (χ2v) is 10.3. The molecule has 0 spiro atoms. The Morgan fingerprint density at radius 3 is 2.48 bits per heavy atom. The minimum atomic E-state index is 0.0331. The summed E-state index contributed by atoms with van der Waals surface area (Å²) in [4.78, 5) is 9.51. The van der Waals surface area contributed by atoms with Crippen LogP contribution in [0.4, 0.5) is 0 Å². The highest BCUT2D eigenvalue weighted by Crippen LogP contribution is 2.35. The number of furan rings is 1. The van der Waals surface area contributed by atoms with Crippen LogP contribution in [-0.2, 0) is 11.8 Å². The zero-order chi connectivity index (χ0) is 23.2. The number of hydrogen-bond acceptors (Lipinski definition) is 3. The molecule has 3 aromatic heterocycles. The fourth-order valence-electron chi connectivity index (χ4n) is 4.46. The molecule has 3 heterocycles. The van der Waals surface area contributed by atoms with Crippen molar-refractivity contribution in [1.29, 1.82) is 0 Å². The SMILES string of the molecule is CC(C)Cc1ccc2oc(-c3ccnc(-c4cc(C(C)(C)C)c5ccccc5c4)c3)cc2n1. The molecule has 2 aromatic carbocycles. The van der Waals surface area contributed by atoms with E-state index in [1.165, 1.54) is 16.3 Å². The maximum atomic E-state index is 6.16. The summed E-state index contributed by atoms with van der Waals surface area (Å²) in [5.74, 6) is 1.39. The van der Waals surface area contributed by atoms with Crippen LogP contribution in [0.1, 0.15) is 45.9 Å². The molecule has 0 N–H and O–H groups in total. The lowest BCUT2D eigenvalue weighted by molar-refractivity contribution is 0.596. The lowest BCUT2D eigenvalue weighted by atomic mass is 9.82. The summed E-state index contributed by atoms with van der Waals surface area (Å²) >= 11 is 0. The van der Waals surface area contributed by atoms with Crippen LogP contribution >= 0.6 is 0 Å². The highest BCUT2D eigenvalue weighted by atomic mass is 16.3. The summed E-state index contributed by atoms with van der Waals surface area (Å²) in [7, 11) is 0. The minimum absolute atomic E-state index is 0.0331. The molecule has 5 rings (SSSR count). The second kappa shape index (κ2) is 8.15. The Bertz CT molecular complexity index is 1450. The Balaban J connectivity index is 1.58. The predicted molar refractivity (Wildman–Crippen MR) is 137 cm³/mol. The zero-order valence-electron chi connectivity index (χ0n) is 20.0. The van der Waals surface area contributed by atoms with Crippen LogP contribution in [0.2, 0.25) is 0 Å². The molecule has 0 saturated carbocycles. The first kappa shape index (κ1) is 21.4. The number of benzene rings is 2. The van der Waals surface area contributed by atoms with Crippen LogP contribution in [-0.4, -0.2) is 9.97 Å². The van der Waals surface area contributed by atoms with Crippen molar-refractivity contribution in [2.75, 3.05) is 0 Å². The molecule has 0 fully saturated rings. The molecule has 3 nitrogen and oxygen atoms in total. The standard InChI is InChI=1S/C30H30N2O/c1-19(2)14-23-10-11-28-27(32-23)18-29(33-28)21-12-13-31-26(17-21)22-15-20-8-6-7-9-24(20)25(16-22)30(3,4)5/h6-13,15-19H,14H2,1-5H3. The van der Waals surface area contributed by atoms with Crippen molar-refractivity contribution in [1.82, 2.24) is 9.97 Å². The molecule has 0 aliphatic heterocycles. The van der Waals surface area contributed by atoms with Gasteiger partial charge in [0, 0.05) is 29.1 Å². The van der Waals surface area contributed by atoms with Crippen molar-refractivity contribution >= 4 is 21.9 Å². The smallest absolute Gasteiger partial charge is 0.153 e. The predicted octanol–water partition coefficient (Wildman–Crippen LogP) is 8.21. The molecule has 5 aromatic rings. The first-order valence-electron chi connectivity index (χ1n) is 11.7. The van der Waals surface area contributed by atoms with Crippen molar-refractivity contribution in [2.45, 2.75) is 46.5 Å². The van der Waals surface area contributed by atoms with Crippen LogP contribution in [0.25, 0.3) is 44.5 Å². The van der Waals surface area contributed by atoms with Gasteiger partial charge in [0.25, 0.3) is 0 Å². The number of hydrogen-bond donors (Lipinski definition) is 0. The van der Waals surface area contributed by atoms with E-state index in [0.29, 0.717) is 5.92 Å². The van der Waals surface area contributed by atoms with E-state index >= 15 is 0 Å². The van der Waals surface area contributed by atoms with Gasteiger partial charge in [0.15, 0.2) is 5.58 Å². The van der Waals surface area contributed by atoms with Gasteiger partial charge in [-0.25, -0.2) is 4.98 Å². The maximum Gasteiger partial charge on any atom is 0.153 e.